The molecular weight excluding hydrogens is 394 g/mol. The minimum Gasteiger partial charge on any atom is -0.489 e. The van der Waals surface area contributed by atoms with Gasteiger partial charge in [-0.25, -0.2) is 4.79 Å². The molecule has 1 atom stereocenters. The van der Waals surface area contributed by atoms with Gasteiger partial charge in [0.1, 0.15) is 18.1 Å². The Morgan fingerprint density at radius 3 is 2.48 bits per heavy atom. The van der Waals surface area contributed by atoms with Gasteiger partial charge in [-0.2, -0.15) is 0 Å². The van der Waals surface area contributed by atoms with Crippen LogP contribution in [0.25, 0.3) is 0 Å². The number of benzene rings is 2. The predicted octanol–water partition coefficient (Wildman–Crippen LogP) is 4.95. The van der Waals surface area contributed by atoms with E-state index in [0.717, 1.165) is 11.3 Å². The highest BCUT2D eigenvalue weighted by Gasteiger charge is 2.21. The predicted molar refractivity (Wildman–Crippen MR) is 107 cm³/mol. The quantitative estimate of drug-likeness (QED) is 0.402. The van der Waals surface area contributed by atoms with E-state index in [2.05, 4.69) is 5.16 Å². The van der Waals surface area contributed by atoms with Crippen LogP contribution in [0.15, 0.2) is 53.1 Å². The summed E-state index contributed by atoms with van der Waals surface area (Å²) in [6, 6.07) is 13.0. The average molecular weight is 414 g/mol. The van der Waals surface area contributed by atoms with E-state index < -0.39 is 12.1 Å². The first kappa shape index (κ1) is 20.6. The third-order valence-corrected chi connectivity index (χ3v) is 4.67. The molecule has 7 heteroatoms. The van der Waals surface area contributed by atoms with Crippen molar-refractivity contribution in [3.05, 3.63) is 81.7 Å². The average Bonchev–Trinajstić information content (AvgIpc) is 3.04. The van der Waals surface area contributed by atoms with Crippen molar-refractivity contribution in [3.63, 3.8) is 0 Å². The molecule has 1 heterocycles. The maximum Gasteiger partial charge on any atom is 0.338 e. The molecule has 150 valence electrons. The van der Waals surface area contributed by atoms with E-state index in [0.29, 0.717) is 22.1 Å². The van der Waals surface area contributed by atoms with E-state index >= 15 is 0 Å². The number of aryl methyl sites for hydroxylation is 2. The Kier molecular flexibility index (Phi) is 6.34. The minimum absolute atomic E-state index is 0.269. The minimum atomic E-state index is -0.935. The number of esters is 1. The molecule has 0 saturated heterocycles. The second-order valence-electron chi connectivity index (χ2n) is 6.54. The normalized spacial score (nSPS) is 11.7. The number of aromatic nitrogens is 1. The van der Waals surface area contributed by atoms with Crippen molar-refractivity contribution < 1.29 is 23.6 Å². The highest BCUT2D eigenvalue weighted by atomic mass is 35.5. The molecule has 0 saturated carbocycles. The van der Waals surface area contributed by atoms with Crippen molar-refractivity contribution in [2.24, 2.45) is 0 Å². The summed E-state index contributed by atoms with van der Waals surface area (Å²) in [5.74, 6) is 0.271. The van der Waals surface area contributed by atoms with Crippen molar-refractivity contribution in [2.45, 2.75) is 33.5 Å². The molecule has 6 nitrogen and oxygen atoms in total. The van der Waals surface area contributed by atoms with E-state index in [1.54, 1.807) is 48.5 Å². The monoisotopic (exact) mass is 413 g/mol. The lowest BCUT2D eigenvalue weighted by Gasteiger charge is -2.13. The number of ketones is 1. The van der Waals surface area contributed by atoms with Gasteiger partial charge < -0.3 is 14.0 Å². The number of rotatable bonds is 7. The highest BCUT2D eigenvalue weighted by molar-refractivity contribution is 6.30. The van der Waals surface area contributed by atoms with Crippen LogP contribution in [0, 0.1) is 13.8 Å². The summed E-state index contributed by atoms with van der Waals surface area (Å²) in [6.07, 6.45) is -0.935. The van der Waals surface area contributed by atoms with Crippen LogP contribution in [0.4, 0.5) is 0 Å². The van der Waals surface area contributed by atoms with Crippen molar-refractivity contribution in [1.82, 2.24) is 5.16 Å². The zero-order valence-electron chi connectivity index (χ0n) is 16.3. The maximum absolute atomic E-state index is 12.5. The number of carbonyl (C=O) groups is 2. The summed E-state index contributed by atoms with van der Waals surface area (Å²) in [4.78, 5) is 24.9. The lowest BCUT2D eigenvalue weighted by molar-refractivity contribution is 0.0318. The second-order valence-corrected chi connectivity index (χ2v) is 6.97. The van der Waals surface area contributed by atoms with Crippen LogP contribution in [-0.2, 0) is 11.3 Å². The Morgan fingerprint density at radius 2 is 1.83 bits per heavy atom. The molecule has 0 aliphatic heterocycles. The molecule has 0 amide bonds. The second kappa shape index (κ2) is 8.92. The zero-order valence-corrected chi connectivity index (χ0v) is 17.0. The van der Waals surface area contributed by atoms with Crippen molar-refractivity contribution in [1.29, 1.82) is 0 Å². The molecule has 0 aliphatic carbocycles. The standard InChI is InChI=1S/C22H20ClNO5/c1-13-20(14(2)29-24-13)12-27-19-6-4-5-17(11-19)22(26)28-15(3)21(25)16-7-9-18(23)10-8-16/h4-11,15H,12H2,1-3H3/t15-/m1/s1. The molecule has 0 bridgehead atoms. The van der Waals surface area contributed by atoms with E-state index in [-0.39, 0.29) is 18.0 Å². The number of halogens is 1. The highest BCUT2D eigenvalue weighted by Crippen LogP contribution is 2.20. The van der Waals surface area contributed by atoms with Crippen LogP contribution in [0.5, 0.6) is 5.75 Å². The van der Waals surface area contributed by atoms with Crippen LogP contribution >= 0.6 is 11.6 Å². The number of ether oxygens (including phenoxy) is 2. The SMILES string of the molecule is Cc1noc(C)c1COc1cccc(C(=O)O[C@H](C)C(=O)c2ccc(Cl)cc2)c1. The lowest BCUT2D eigenvalue weighted by Crippen LogP contribution is -2.24. The molecule has 0 unspecified atom stereocenters. The fraction of sp³-hybridized carbons (Fsp3) is 0.227. The van der Waals surface area contributed by atoms with Crippen LogP contribution in [-0.4, -0.2) is 23.0 Å². The number of nitrogens with zero attached hydrogens (tertiary/aromatic N) is 1. The fourth-order valence-corrected chi connectivity index (χ4v) is 2.83. The van der Waals surface area contributed by atoms with Gasteiger partial charge in [-0.3, -0.25) is 4.79 Å². The van der Waals surface area contributed by atoms with Crippen LogP contribution < -0.4 is 4.74 Å². The Morgan fingerprint density at radius 1 is 1.10 bits per heavy atom. The van der Waals surface area contributed by atoms with Gasteiger partial charge in [0.15, 0.2) is 6.10 Å². The Balaban J connectivity index is 1.64. The molecule has 0 spiro atoms. The van der Waals surface area contributed by atoms with Crippen LogP contribution in [0.1, 0.15) is 44.7 Å². The van der Waals surface area contributed by atoms with Crippen LogP contribution in [0.3, 0.4) is 0 Å². The molecule has 29 heavy (non-hydrogen) atoms. The first-order chi connectivity index (χ1) is 13.8. The summed E-state index contributed by atoms with van der Waals surface area (Å²) >= 11 is 5.83. The van der Waals surface area contributed by atoms with Gasteiger partial charge >= 0.3 is 5.97 Å². The van der Waals surface area contributed by atoms with E-state index in [4.69, 9.17) is 25.6 Å². The topological polar surface area (TPSA) is 78.6 Å². The molecule has 3 aromatic rings. The smallest absolute Gasteiger partial charge is 0.338 e. The largest absolute Gasteiger partial charge is 0.489 e. The molecule has 0 aliphatic rings. The van der Waals surface area contributed by atoms with E-state index in [9.17, 15) is 9.59 Å². The summed E-state index contributed by atoms with van der Waals surface area (Å²) < 4.78 is 16.2. The van der Waals surface area contributed by atoms with Crippen molar-refractivity contribution in [2.75, 3.05) is 0 Å². The lowest BCUT2D eigenvalue weighted by atomic mass is 10.1. The van der Waals surface area contributed by atoms with Crippen LogP contribution in [0.2, 0.25) is 5.02 Å². The Hall–Kier alpha value is -3.12. The number of hydrogen-bond acceptors (Lipinski definition) is 6. The third-order valence-electron chi connectivity index (χ3n) is 4.42. The van der Waals surface area contributed by atoms with Gasteiger partial charge in [-0.15, -0.1) is 0 Å². The number of Topliss-reactive ketones (excluding diaryl/α,β-unsaturated/α-hetero) is 1. The molecule has 0 fully saturated rings. The van der Waals surface area contributed by atoms with Crippen molar-refractivity contribution in [3.8, 4) is 5.75 Å². The van der Waals surface area contributed by atoms with Crippen molar-refractivity contribution >= 4 is 23.4 Å². The molecule has 2 aromatic carbocycles. The Labute approximate surface area is 173 Å². The third kappa shape index (κ3) is 5.03. The first-order valence-corrected chi connectivity index (χ1v) is 9.38. The molecule has 0 radical (unpaired) electrons. The Bertz CT molecular complexity index is 1010. The van der Waals surface area contributed by atoms with Gasteiger partial charge in [0, 0.05) is 10.6 Å². The summed E-state index contributed by atoms with van der Waals surface area (Å²) in [5.41, 5.74) is 2.33. The number of hydrogen-bond donors (Lipinski definition) is 0. The molecule has 1 aromatic heterocycles. The van der Waals surface area contributed by atoms with Gasteiger partial charge in [0.25, 0.3) is 0 Å². The maximum atomic E-state index is 12.5. The van der Waals surface area contributed by atoms with Gasteiger partial charge in [-0.05, 0) is 63.2 Å². The van der Waals surface area contributed by atoms with Gasteiger partial charge in [-0.1, -0.05) is 22.8 Å². The first-order valence-electron chi connectivity index (χ1n) is 9.00. The summed E-state index contributed by atoms with van der Waals surface area (Å²) in [6.45, 7) is 5.45. The molecule has 3 rings (SSSR count). The molecule has 0 N–H and O–H groups in total. The van der Waals surface area contributed by atoms with E-state index in [1.807, 2.05) is 13.8 Å². The fourth-order valence-electron chi connectivity index (χ4n) is 2.71. The summed E-state index contributed by atoms with van der Waals surface area (Å²) in [5, 5.41) is 4.41. The van der Waals surface area contributed by atoms with Gasteiger partial charge in [0.05, 0.1) is 16.8 Å². The van der Waals surface area contributed by atoms with E-state index in [1.165, 1.54) is 6.92 Å². The van der Waals surface area contributed by atoms with Gasteiger partial charge in [0.2, 0.25) is 5.78 Å². The summed E-state index contributed by atoms with van der Waals surface area (Å²) in [7, 11) is 0. The molecular formula is C22H20ClNO5. The number of carbonyl (C=O) groups excluding carboxylic acids is 2. The zero-order chi connectivity index (χ0) is 21.0.